The van der Waals surface area contributed by atoms with E-state index in [0.29, 0.717) is 0 Å². The molecule has 0 aliphatic rings. The van der Waals surface area contributed by atoms with Crippen LogP contribution in [0.15, 0.2) is 5.57 Å². The van der Waals surface area contributed by atoms with Gasteiger partial charge in [0, 0.05) is 11.5 Å². The van der Waals surface area contributed by atoms with E-state index in [1.807, 2.05) is 0 Å². The predicted octanol–water partition coefficient (Wildman–Crippen LogP) is 6.84. The molecule has 0 aromatic heterocycles. The highest BCUT2D eigenvalue weighted by Gasteiger charge is 2.37. The van der Waals surface area contributed by atoms with Crippen LogP contribution in [0.5, 0.6) is 0 Å². The van der Waals surface area contributed by atoms with Gasteiger partial charge in [0.25, 0.3) is 0 Å². The summed E-state index contributed by atoms with van der Waals surface area (Å²) in [5.74, 6) is 0.204. The molecule has 0 saturated heterocycles. The van der Waals surface area contributed by atoms with Gasteiger partial charge in [-0.3, -0.25) is 0 Å². The molecule has 0 aliphatic heterocycles. The lowest BCUT2D eigenvalue weighted by Gasteiger charge is -2.40. The maximum Gasteiger partial charge on any atom is 0.0950 e. The lowest BCUT2D eigenvalue weighted by molar-refractivity contribution is 0.142. The zero-order valence-electron chi connectivity index (χ0n) is 17.6. The van der Waals surface area contributed by atoms with Gasteiger partial charge in [0.1, 0.15) is 0 Å². The molecule has 0 unspecified atom stereocenters. The zero-order valence-corrected chi connectivity index (χ0v) is 17.6. The number of hydrogen-bond acceptors (Lipinski definition) is 1. The molecule has 0 bridgehead atoms. The van der Waals surface area contributed by atoms with Gasteiger partial charge in [0.2, 0.25) is 0 Å². The molecule has 24 heavy (non-hydrogen) atoms. The van der Waals surface area contributed by atoms with Crippen LogP contribution in [0.4, 0.5) is 0 Å². The molecular weight excluding hydrogens is 290 g/mol. The Kier molecular flexibility index (Phi) is 5.77. The molecule has 1 rings (SSSR count). The van der Waals surface area contributed by atoms with Crippen LogP contribution in [0.2, 0.25) is 0 Å². The molecule has 1 aromatic carbocycles. The first kappa shape index (κ1) is 20.5. The highest BCUT2D eigenvalue weighted by atomic mass is 14.4. The largest absolute Gasteiger partial charge is 0.193 e. The van der Waals surface area contributed by atoms with Gasteiger partial charge in [-0.25, -0.2) is 0 Å². The standard InChI is InChI=1S/C23H35N/c1-14-15(2)17(4)20(18(5)16(14)3)12-19(13-24)21(22(6,7)8)23(9,10)11/h12,21H,1-11H3/b19-12+. The van der Waals surface area contributed by atoms with Crippen LogP contribution in [-0.4, -0.2) is 0 Å². The minimum Gasteiger partial charge on any atom is -0.193 e. The highest BCUT2D eigenvalue weighted by Crippen LogP contribution is 2.45. The third-order valence-corrected chi connectivity index (χ3v) is 5.53. The summed E-state index contributed by atoms with van der Waals surface area (Å²) < 4.78 is 0. The number of nitrogens with zero attached hydrogens (tertiary/aromatic N) is 1. The Morgan fingerprint density at radius 2 is 1.08 bits per heavy atom. The summed E-state index contributed by atoms with van der Waals surface area (Å²) in [6.45, 7) is 24.3. The van der Waals surface area contributed by atoms with E-state index < -0.39 is 0 Å². The molecule has 132 valence electrons. The van der Waals surface area contributed by atoms with Gasteiger partial charge in [-0.1, -0.05) is 41.5 Å². The maximum absolute atomic E-state index is 9.94. The van der Waals surface area contributed by atoms with Crippen LogP contribution in [-0.2, 0) is 0 Å². The van der Waals surface area contributed by atoms with Gasteiger partial charge >= 0.3 is 0 Å². The number of nitriles is 1. The van der Waals surface area contributed by atoms with Crippen LogP contribution in [0.25, 0.3) is 6.08 Å². The summed E-state index contributed by atoms with van der Waals surface area (Å²) in [4.78, 5) is 0. The Labute approximate surface area is 149 Å². The molecule has 1 heteroatoms. The Balaban J connectivity index is 3.72. The second kappa shape index (κ2) is 6.75. The van der Waals surface area contributed by atoms with Crippen molar-refractivity contribution < 1.29 is 0 Å². The van der Waals surface area contributed by atoms with Crippen molar-refractivity contribution in [2.45, 2.75) is 76.2 Å². The van der Waals surface area contributed by atoms with Crippen molar-refractivity contribution >= 4 is 6.08 Å². The van der Waals surface area contributed by atoms with Crippen molar-refractivity contribution in [1.82, 2.24) is 0 Å². The fourth-order valence-electron chi connectivity index (χ4n) is 4.31. The van der Waals surface area contributed by atoms with Crippen LogP contribution in [0.1, 0.15) is 74.9 Å². The molecule has 0 saturated carbocycles. The third kappa shape index (κ3) is 3.92. The van der Waals surface area contributed by atoms with Crippen molar-refractivity contribution in [2.24, 2.45) is 16.7 Å². The van der Waals surface area contributed by atoms with Crippen LogP contribution in [0.3, 0.4) is 0 Å². The maximum atomic E-state index is 9.94. The molecule has 0 amide bonds. The summed E-state index contributed by atoms with van der Waals surface area (Å²) >= 11 is 0. The Morgan fingerprint density at radius 3 is 1.38 bits per heavy atom. The van der Waals surface area contributed by atoms with Gasteiger partial charge in [-0.2, -0.15) is 5.26 Å². The summed E-state index contributed by atoms with van der Waals surface area (Å²) in [5.41, 5.74) is 8.83. The minimum atomic E-state index is 0.0381. The van der Waals surface area contributed by atoms with Gasteiger partial charge in [-0.05, 0) is 84.9 Å². The Morgan fingerprint density at radius 1 is 0.750 bits per heavy atom. The summed E-state index contributed by atoms with van der Waals surface area (Å²) in [6.07, 6.45) is 2.16. The first-order valence-electron chi connectivity index (χ1n) is 8.92. The SMILES string of the molecule is Cc1c(C)c(C)c(/C=C(\C#N)C(C(C)(C)C)C(C)(C)C)c(C)c1C. The van der Waals surface area contributed by atoms with E-state index in [0.717, 1.165) is 5.57 Å². The smallest absolute Gasteiger partial charge is 0.0950 e. The van der Waals surface area contributed by atoms with Crippen LogP contribution >= 0.6 is 0 Å². The van der Waals surface area contributed by atoms with Crippen molar-refractivity contribution in [1.29, 1.82) is 5.26 Å². The van der Waals surface area contributed by atoms with Gasteiger partial charge in [0.15, 0.2) is 0 Å². The molecule has 0 heterocycles. The van der Waals surface area contributed by atoms with Crippen molar-refractivity contribution in [3.05, 3.63) is 39.0 Å². The fraction of sp³-hybridized carbons (Fsp3) is 0.609. The summed E-state index contributed by atoms with van der Waals surface area (Å²) in [5, 5.41) is 9.94. The third-order valence-electron chi connectivity index (χ3n) is 5.53. The monoisotopic (exact) mass is 325 g/mol. The fourth-order valence-corrected chi connectivity index (χ4v) is 4.31. The highest BCUT2D eigenvalue weighted by molar-refractivity contribution is 5.67. The molecule has 0 aliphatic carbocycles. The Hall–Kier alpha value is -1.55. The number of rotatable bonds is 2. The van der Waals surface area contributed by atoms with E-state index >= 15 is 0 Å². The first-order chi connectivity index (χ1) is 10.7. The second-order valence-corrected chi connectivity index (χ2v) is 9.42. The Bertz CT molecular complexity index is 655. The van der Waals surface area contributed by atoms with Gasteiger partial charge in [-0.15, -0.1) is 0 Å². The molecule has 1 nitrogen and oxygen atoms in total. The second-order valence-electron chi connectivity index (χ2n) is 9.42. The van der Waals surface area contributed by atoms with Crippen molar-refractivity contribution in [2.75, 3.05) is 0 Å². The van der Waals surface area contributed by atoms with Crippen molar-refractivity contribution in [3.63, 3.8) is 0 Å². The average Bonchev–Trinajstić information content (AvgIpc) is 2.43. The summed E-state index contributed by atoms with van der Waals surface area (Å²) in [6, 6.07) is 2.53. The molecule has 0 fully saturated rings. The van der Waals surface area contributed by atoms with E-state index in [4.69, 9.17) is 0 Å². The minimum absolute atomic E-state index is 0.0381. The zero-order chi connectivity index (χ0) is 19.0. The van der Waals surface area contributed by atoms with Gasteiger partial charge < -0.3 is 0 Å². The topological polar surface area (TPSA) is 23.8 Å². The van der Waals surface area contributed by atoms with E-state index in [2.05, 4.69) is 88.3 Å². The lowest BCUT2D eigenvalue weighted by atomic mass is 9.63. The number of benzene rings is 1. The predicted molar refractivity (Wildman–Crippen MR) is 106 cm³/mol. The lowest BCUT2D eigenvalue weighted by Crippen LogP contribution is -2.33. The summed E-state index contributed by atoms with van der Waals surface area (Å²) in [7, 11) is 0. The quantitative estimate of drug-likeness (QED) is 0.546. The average molecular weight is 326 g/mol. The van der Waals surface area contributed by atoms with E-state index in [1.165, 1.54) is 33.4 Å². The molecule has 0 radical (unpaired) electrons. The number of allylic oxidation sites excluding steroid dienone is 1. The van der Waals surface area contributed by atoms with Crippen LogP contribution in [0, 0.1) is 62.7 Å². The van der Waals surface area contributed by atoms with E-state index in [9.17, 15) is 5.26 Å². The molecule has 1 aromatic rings. The molecular formula is C23H35N. The van der Waals surface area contributed by atoms with Gasteiger partial charge in [0.05, 0.1) is 6.07 Å². The van der Waals surface area contributed by atoms with E-state index in [1.54, 1.807) is 0 Å². The first-order valence-corrected chi connectivity index (χ1v) is 8.92. The van der Waals surface area contributed by atoms with Crippen LogP contribution < -0.4 is 0 Å². The molecule has 0 N–H and O–H groups in total. The normalized spacial score (nSPS) is 13.4. The molecule has 0 atom stereocenters. The number of hydrogen-bond donors (Lipinski definition) is 0. The van der Waals surface area contributed by atoms with Crippen molar-refractivity contribution in [3.8, 4) is 6.07 Å². The van der Waals surface area contributed by atoms with E-state index in [-0.39, 0.29) is 16.7 Å². The molecule has 0 spiro atoms.